The van der Waals surface area contributed by atoms with Crippen LogP contribution in [0.15, 0.2) is 41.8 Å². The highest BCUT2D eigenvalue weighted by molar-refractivity contribution is 7.09. The first kappa shape index (κ1) is 19.5. The Balaban J connectivity index is 1.32. The third-order valence-corrected chi connectivity index (χ3v) is 7.08. The summed E-state index contributed by atoms with van der Waals surface area (Å²) in [5, 5.41) is 8.41. The lowest BCUT2D eigenvalue weighted by Crippen LogP contribution is -2.56. The molecule has 2 aliphatic rings. The summed E-state index contributed by atoms with van der Waals surface area (Å²) in [7, 11) is 0. The van der Waals surface area contributed by atoms with Crippen molar-refractivity contribution in [2.24, 2.45) is 0 Å². The Morgan fingerprint density at radius 1 is 1.14 bits per heavy atom. The predicted octanol–water partition coefficient (Wildman–Crippen LogP) is 5.58. The number of hydrogen-bond acceptors (Lipinski definition) is 3. The monoisotopic (exact) mass is 397 g/mol. The third kappa shape index (κ3) is 4.58. The molecule has 2 amide bonds. The number of carbonyl (C=O) groups is 1. The Kier molecular flexibility index (Phi) is 6.02. The first-order valence-electron chi connectivity index (χ1n) is 10.5. The Hall–Kier alpha value is -1.85. The smallest absolute Gasteiger partial charge is 0.319 e. The molecule has 4 nitrogen and oxygen atoms in total. The molecule has 0 spiro atoms. The van der Waals surface area contributed by atoms with Gasteiger partial charge in [0.2, 0.25) is 0 Å². The lowest BCUT2D eigenvalue weighted by Gasteiger charge is -2.48. The zero-order chi connectivity index (χ0) is 19.5. The number of amides is 2. The quantitative estimate of drug-likeness (QED) is 0.692. The highest BCUT2D eigenvalue weighted by atomic mass is 32.1. The van der Waals surface area contributed by atoms with Crippen molar-refractivity contribution in [3.8, 4) is 0 Å². The van der Waals surface area contributed by atoms with E-state index >= 15 is 0 Å². The molecule has 2 N–H and O–H groups in total. The molecule has 1 aromatic carbocycles. The molecule has 2 saturated heterocycles. The molecule has 3 heterocycles. The van der Waals surface area contributed by atoms with Crippen LogP contribution < -0.4 is 10.6 Å². The van der Waals surface area contributed by atoms with Gasteiger partial charge in [0.15, 0.2) is 0 Å². The zero-order valence-corrected chi connectivity index (χ0v) is 17.7. The number of piperidine rings is 2. The second kappa shape index (κ2) is 8.66. The largest absolute Gasteiger partial charge is 0.335 e. The summed E-state index contributed by atoms with van der Waals surface area (Å²) in [4.78, 5) is 16.7. The van der Waals surface area contributed by atoms with E-state index in [1.165, 1.54) is 29.7 Å². The summed E-state index contributed by atoms with van der Waals surface area (Å²) in [6.07, 6.45) is 5.93. The molecule has 2 atom stereocenters. The highest BCUT2D eigenvalue weighted by Gasteiger charge is 2.38. The van der Waals surface area contributed by atoms with E-state index in [0.717, 1.165) is 25.1 Å². The van der Waals surface area contributed by atoms with E-state index < -0.39 is 0 Å². The van der Waals surface area contributed by atoms with E-state index in [4.69, 9.17) is 0 Å². The minimum atomic E-state index is -0.0768. The normalized spacial score (nSPS) is 24.9. The van der Waals surface area contributed by atoms with Crippen LogP contribution in [0.4, 0.5) is 10.5 Å². The predicted molar refractivity (Wildman–Crippen MR) is 117 cm³/mol. The fourth-order valence-corrected chi connectivity index (χ4v) is 5.45. The molecule has 2 bridgehead atoms. The lowest BCUT2D eigenvalue weighted by molar-refractivity contribution is 0.0208. The average Bonchev–Trinajstić information content (AvgIpc) is 3.16. The van der Waals surface area contributed by atoms with Crippen LogP contribution in [0.2, 0.25) is 0 Å². The SMILES string of the molecule is CC(C)c1ccc(NC(=O)NC2CC3CCCC(C2)N3Cc2cccs2)cc1. The molecule has 0 aliphatic carbocycles. The molecule has 1 aromatic heterocycles. The molecule has 2 aliphatic heterocycles. The topological polar surface area (TPSA) is 44.4 Å². The Bertz CT molecular complexity index is 758. The van der Waals surface area contributed by atoms with Crippen molar-refractivity contribution < 1.29 is 4.79 Å². The van der Waals surface area contributed by atoms with E-state index in [1.54, 1.807) is 0 Å². The van der Waals surface area contributed by atoms with Gasteiger partial charge in [0.1, 0.15) is 0 Å². The van der Waals surface area contributed by atoms with E-state index in [2.05, 4.69) is 59.0 Å². The van der Waals surface area contributed by atoms with Gasteiger partial charge in [-0.25, -0.2) is 4.79 Å². The first-order valence-corrected chi connectivity index (χ1v) is 11.4. The number of carbonyl (C=O) groups excluding carboxylic acids is 1. The number of fused-ring (bicyclic) bond motifs is 2. The number of hydrogen-bond donors (Lipinski definition) is 2. The minimum Gasteiger partial charge on any atom is -0.335 e. The number of urea groups is 1. The van der Waals surface area contributed by atoms with Crippen molar-refractivity contribution in [3.63, 3.8) is 0 Å². The van der Waals surface area contributed by atoms with Crippen LogP contribution in [0.25, 0.3) is 0 Å². The van der Waals surface area contributed by atoms with Gasteiger partial charge in [0, 0.05) is 35.2 Å². The van der Waals surface area contributed by atoms with Gasteiger partial charge in [-0.3, -0.25) is 4.90 Å². The van der Waals surface area contributed by atoms with Crippen LogP contribution in [0.3, 0.4) is 0 Å². The van der Waals surface area contributed by atoms with Crippen LogP contribution in [0, 0.1) is 0 Å². The molecule has 2 fully saturated rings. The van der Waals surface area contributed by atoms with Gasteiger partial charge < -0.3 is 10.6 Å². The van der Waals surface area contributed by atoms with Crippen LogP contribution in [-0.4, -0.2) is 29.1 Å². The fraction of sp³-hybridized carbons (Fsp3) is 0.522. The van der Waals surface area contributed by atoms with Crippen molar-refractivity contribution in [1.82, 2.24) is 10.2 Å². The fourth-order valence-electron chi connectivity index (χ4n) is 4.74. The van der Waals surface area contributed by atoms with Crippen LogP contribution in [0.5, 0.6) is 0 Å². The van der Waals surface area contributed by atoms with E-state index in [-0.39, 0.29) is 12.1 Å². The van der Waals surface area contributed by atoms with Crippen molar-refractivity contribution in [2.75, 3.05) is 5.32 Å². The Morgan fingerprint density at radius 2 is 1.86 bits per heavy atom. The van der Waals surface area contributed by atoms with Crippen molar-refractivity contribution in [2.45, 2.75) is 76.5 Å². The number of rotatable bonds is 5. The van der Waals surface area contributed by atoms with Gasteiger partial charge in [0.05, 0.1) is 0 Å². The van der Waals surface area contributed by atoms with Gasteiger partial charge >= 0.3 is 6.03 Å². The Labute approximate surface area is 172 Å². The van der Waals surface area contributed by atoms with E-state index in [0.29, 0.717) is 18.0 Å². The van der Waals surface area contributed by atoms with Crippen LogP contribution in [-0.2, 0) is 6.54 Å². The molecule has 0 saturated carbocycles. The maximum Gasteiger partial charge on any atom is 0.319 e. The van der Waals surface area contributed by atoms with Crippen molar-refractivity contribution in [1.29, 1.82) is 0 Å². The first-order chi connectivity index (χ1) is 13.6. The maximum atomic E-state index is 12.5. The molecule has 28 heavy (non-hydrogen) atoms. The minimum absolute atomic E-state index is 0.0768. The second-order valence-corrected chi connectivity index (χ2v) is 9.57. The van der Waals surface area contributed by atoms with Crippen molar-refractivity contribution >= 4 is 23.1 Å². The number of nitrogens with zero attached hydrogens (tertiary/aromatic N) is 1. The molecular weight excluding hydrogens is 366 g/mol. The summed E-state index contributed by atoms with van der Waals surface area (Å²) in [5.41, 5.74) is 2.15. The highest BCUT2D eigenvalue weighted by Crippen LogP contribution is 2.35. The molecule has 4 rings (SSSR count). The van der Waals surface area contributed by atoms with Gasteiger partial charge in [-0.1, -0.05) is 38.5 Å². The number of thiophene rings is 1. The average molecular weight is 398 g/mol. The number of benzene rings is 1. The molecule has 2 aromatic rings. The van der Waals surface area contributed by atoms with Crippen LogP contribution in [0.1, 0.15) is 62.3 Å². The van der Waals surface area contributed by atoms with Gasteiger partial charge in [0.25, 0.3) is 0 Å². The standard InChI is InChI=1S/C23H31N3OS/c1-16(2)17-8-10-18(11-9-17)24-23(27)25-19-13-20-5-3-6-21(14-19)26(20)15-22-7-4-12-28-22/h4,7-12,16,19-21H,3,5-6,13-15H2,1-2H3,(H2,24,25,27). The third-order valence-electron chi connectivity index (χ3n) is 6.21. The zero-order valence-electron chi connectivity index (χ0n) is 16.9. The number of nitrogens with one attached hydrogen (secondary N) is 2. The van der Waals surface area contributed by atoms with Crippen molar-refractivity contribution in [3.05, 3.63) is 52.2 Å². The van der Waals surface area contributed by atoms with Gasteiger partial charge in [-0.05, 0) is 60.7 Å². The molecule has 150 valence electrons. The summed E-state index contributed by atoms with van der Waals surface area (Å²) in [6.45, 7) is 5.42. The molecule has 5 heteroatoms. The summed E-state index contributed by atoms with van der Waals surface area (Å²) >= 11 is 1.85. The molecular formula is C23H31N3OS. The van der Waals surface area contributed by atoms with E-state index in [9.17, 15) is 4.79 Å². The number of anilines is 1. The second-order valence-electron chi connectivity index (χ2n) is 8.53. The summed E-state index contributed by atoms with van der Waals surface area (Å²) in [5.74, 6) is 0.502. The van der Waals surface area contributed by atoms with E-state index in [1.807, 2.05) is 23.5 Å². The maximum absolute atomic E-state index is 12.5. The Morgan fingerprint density at radius 3 is 2.46 bits per heavy atom. The van der Waals surface area contributed by atoms with Gasteiger partial charge in [-0.15, -0.1) is 11.3 Å². The van der Waals surface area contributed by atoms with Crippen LogP contribution >= 0.6 is 11.3 Å². The molecule has 2 unspecified atom stereocenters. The van der Waals surface area contributed by atoms with Gasteiger partial charge in [-0.2, -0.15) is 0 Å². The summed E-state index contributed by atoms with van der Waals surface area (Å²) < 4.78 is 0. The molecule has 0 radical (unpaired) electrons. The lowest BCUT2D eigenvalue weighted by atomic mass is 9.81. The summed E-state index contributed by atoms with van der Waals surface area (Å²) in [6, 6.07) is 13.9.